The van der Waals surface area contributed by atoms with Gasteiger partial charge in [-0.05, 0) is 31.2 Å². The van der Waals surface area contributed by atoms with Crippen molar-refractivity contribution in [3.8, 4) is 0 Å². The maximum absolute atomic E-state index is 14.2. The minimum atomic E-state index is -0.660. The maximum atomic E-state index is 14.2. The van der Waals surface area contributed by atoms with Crippen molar-refractivity contribution in [2.24, 2.45) is 0 Å². The molecule has 1 saturated heterocycles. The third-order valence-corrected chi connectivity index (χ3v) is 5.29. The number of carbonyl (C=O) groups excluding carboxylic acids is 1. The third kappa shape index (κ3) is 5.52. The van der Waals surface area contributed by atoms with Crippen molar-refractivity contribution in [3.05, 3.63) is 70.3 Å². The summed E-state index contributed by atoms with van der Waals surface area (Å²) in [7, 11) is 0. The molecule has 4 rings (SSSR count). The Morgan fingerprint density at radius 3 is 2.61 bits per heavy atom. The van der Waals surface area contributed by atoms with Gasteiger partial charge in [0.2, 0.25) is 0 Å². The van der Waals surface area contributed by atoms with Crippen LogP contribution in [0.5, 0.6) is 0 Å². The van der Waals surface area contributed by atoms with Gasteiger partial charge in [-0.2, -0.15) is 5.10 Å². The highest BCUT2D eigenvalue weighted by Crippen LogP contribution is 2.20. The molecule has 3 aromatic rings. The Bertz CT molecular complexity index is 1050. The largest absolute Gasteiger partial charge is 0.336 e. The van der Waals surface area contributed by atoms with E-state index >= 15 is 0 Å². The van der Waals surface area contributed by atoms with Crippen molar-refractivity contribution in [1.29, 1.82) is 0 Å². The van der Waals surface area contributed by atoms with Gasteiger partial charge in [-0.25, -0.2) is 9.37 Å². The van der Waals surface area contributed by atoms with Crippen molar-refractivity contribution < 1.29 is 9.18 Å². The number of aromatic amines is 1. The summed E-state index contributed by atoms with van der Waals surface area (Å²) < 4.78 is 14.2. The van der Waals surface area contributed by atoms with Gasteiger partial charge in [0, 0.05) is 44.5 Å². The number of aromatic nitrogens is 3. The fourth-order valence-corrected chi connectivity index (χ4v) is 3.60. The van der Waals surface area contributed by atoms with Crippen LogP contribution in [0.3, 0.4) is 0 Å². The van der Waals surface area contributed by atoms with Crippen LogP contribution in [0, 0.1) is 12.7 Å². The van der Waals surface area contributed by atoms with Gasteiger partial charge in [0.1, 0.15) is 5.82 Å². The van der Waals surface area contributed by atoms with Crippen LogP contribution in [0.15, 0.2) is 42.5 Å². The van der Waals surface area contributed by atoms with Gasteiger partial charge < -0.3 is 10.2 Å². The monoisotopic (exact) mass is 464 g/mol. The molecule has 10 heteroatoms. The van der Waals surface area contributed by atoms with Crippen molar-refractivity contribution >= 4 is 41.6 Å². The molecule has 0 radical (unpaired) electrons. The second-order valence-corrected chi connectivity index (χ2v) is 7.65. The lowest BCUT2D eigenvalue weighted by atomic mass is 10.1. The fraction of sp³-hybridized carbons (Fsp3) is 0.286. The van der Waals surface area contributed by atoms with Gasteiger partial charge in [0.25, 0.3) is 5.91 Å². The second-order valence-electron chi connectivity index (χ2n) is 7.25. The minimum Gasteiger partial charge on any atom is -0.336 e. The first-order valence-electron chi connectivity index (χ1n) is 9.70. The molecule has 0 bridgehead atoms. The summed E-state index contributed by atoms with van der Waals surface area (Å²) >= 11 is 5.80. The molecule has 0 spiro atoms. The second kappa shape index (κ2) is 10.1. The zero-order chi connectivity index (χ0) is 21.1. The van der Waals surface area contributed by atoms with E-state index in [0.29, 0.717) is 32.7 Å². The summed E-state index contributed by atoms with van der Waals surface area (Å²) in [5, 5.41) is 10.2. The lowest BCUT2D eigenvalue weighted by molar-refractivity contribution is 0.0622. The fourth-order valence-electron chi connectivity index (χ4n) is 3.43. The number of halogens is 3. The molecule has 3 heterocycles. The van der Waals surface area contributed by atoms with E-state index in [9.17, 15) is 9.18 Å². The van der Waals surface area contributed by atoms with E-state index in [0.717, 1.165) is 23.0 Å². The number of hydrogen-bond acceptors (Lipinski definition) is 5. The lowest BCUT2D eigenvalue weighted by Gasteiger charge is -2.34. The van der Waals surface area contributed by atoms with Gasteiger partial charge >= 0.3 is 0 Å². The SMILES string of the molecule is Cc1cc(Nc2cccc(CN3CCN(C(=O)c4cccc(Cl)c4F)CC3)n2)n[nH]1.Cl. The van der Waals surface area contributed by atoms with Crippen LogP contribution >= 0.6 is 24.0 Å². The van der Waals surface area contributed by atoms with Gasteiger partial charge in [-0.15, -0.1) is 12.4 Å². The molecule has 31 heavy (non-hydrogen) atoms. The average molecular weight is 465 g/mol. The number of nitrogens with zero attached hydrogens (tertiary/aromatic N) is 4. The van der Waals surface area contributed by atoms with Crippen LogP contribution < -0.4 is 5.32 Å². The number of piperazine rings is 1. The Balaban J connectivity index is 0.00000272. The number of carbonyl (C=O) groups is 1. The molecule has 7 nitrogen and oxygen atoms in total. The molecule has 1 aromatic carbocycles. The van der Waals surface area contributed by atoms with Crippen molar-refractivity contribution in [2.45, 2.75) is 13.5 Å². The minimum absolute atomic E-state index is 0. The van der Waals surface area contributed by atoms with Gasteiger partial charge in [0.15, 0.2) is 11.6 Å². The number of anilines is 2. The number of nitrogens with one attached hydrogen (secondary N) is 2. The zero-order valence-corrected chi connectivity index (χ0v) is 18.5. The molecule has 0 atom stereocenters. The van der Waals surface area contributed by atoms with E-state index in [1.165, 1.54) is 12.1 Å². The Kier molecular flexibility index (Phi) is 7.48. The smallest absolute Gasteiger partial charge is 0.256 e. The highest BCUT2D eigenvalue weighted by molar-refractivity contribution is 6.31. The molecule has 0 saturated carbocycles. The number of amides is 1. The molecule has 164 valence electrons. The van der Waals surface area contributed by atoms with E-state index < -0.39 is 5.82 Å². The number of H-pyrrole nitrogens is 1. The predicted molar refractivity (Wildman–Crippen MR) is 121 cm³/mol. The van der Waals surface area contributed by atoms with Gasteiger partial charge in [0.05, 0.1) is 16.3 Å². The molecule has 2 N–H and O–H groups in total. The lowest BCUT2D eigenvalue weighted by Crippen LogP contribution is -2.48. The first-order chi connectivity index (χ1) is 14.5. The third-order valence-electron chi connectivity index (χ3n) is 5.00. The van der Waals surface area contributed by atoms with Gasteiger partial charge in [-0.3, -0.25) is 14.8 Å². The van der Waals surface area contributed by atoms with E-state index in [1.807, 2.05) is 31.2 Å². The normalized spacial score (nSPS) is 14.2. The first kappa shape index (κ1) is 23.0. The Morgan fingerprint density at radius 1 is 1.16 bits per heavy atom. The number of rotatable bonds is 5. The maximum Gasteiger partial charge on any atom is 0.256 e. The number of hydrogen-bond donors (Lipinski definition) is 2. The molecule has 1 fully saturated rings. The van der Waals surface area contributed by atoms with Crippen LogP contribution in [0.25, 0.3) is 0 Å². The number of benzene rings is 1. The van der Waals surface area contributed by atoms with Crippen LogP contribution in [-0.2, 0) is 6.54 Å². The van der Waals surface area contributed by atoms with Crippen molar-refractivity contribution in [3.63, 3.8) is 0 Å². The molecule has 0 unspecified atom stereocenters. The summed E-state index contributed by atoms with van der Waals surface area (Å²) in [6.45, 7) is 5.03. The Labute approximate surface area is 191 Å². The molecular weight excluding hydrogens is 442 g/mol. The van der Waals surface area contributed by atoms with E-state index in [2.05, 4.69) is 25.4 Å². The van der Waals surface area contributed by atoms with Crippen LogP contribution in [0.1, 0.15) is 21.7 Å². The van der Waals surface area contributed by atoms with Crippen LogP contribution in [0.2, 0.25) is 5.02 Å². The highest BCUT2D eigenvalue weighted by Gasteiger charge is 2.25. The molecule has 1 aliphatic heterocycles. The highest BCUT2D eigenvalue weighted by atomic mass is 35.5. The van der Waals surface area contributed by atoms with Crippen LogP contribution in [-0.4, -0.2) is 57.1 Å². The van der Waals surface area contributed by atoms with Crippen LogP contribution in [0.4, 0.5) is 16.0 Å². The topological polar surface area (TPSA) is 77.2 Å². The predicted octanol–water partition coefficient (Wildman–Crippen LogP) is 4.03. The first-order valence-corrected chi connectivity index (χ1v) is 10.1. The van der Waals surface area contributed by atoms with Gasteiger partial charge in [-0.1, -0.05) is 23.7 Å². The summed E-state index contributed by atoms with van der Waals surface area (Å²) in [6.07, 6.45) is 0. The van der Waals surface area contributed by atoms with Crippen molar-refractivity contribution in [2.75, 3.05) is 31.5 Å². The quantitative estimate of drug-likeness (QED) is 0.595. The molecular formula is C21H23Cl2FN6O. The number of aryl methyl sites for hydroxylation is 1. The van der Waals surface area contributed by atoms with Crippen molar-refractivity contribution in [1.82, 2.24) is 25.0 Å². The molecule has 1 aliphatic rings. The number of pyridine rings is 1. The summed E-state index contributed by atoms with van der Waals surface area (Å²) in [5.41, 5.74) is 1.91. The summed E-state index contributed by atoms with van der Waals surface area (Å²) in [6, 6.07) is 12.2. The van der Waals surface area contributed by atoms with E-state index in [-0.39, 0.29) is 28.9 Å². The molecule has 2 aromatic heterocycles. The zero-order valence-electron chi connectivity index (χ0n) is 16.9. The Morgan fingerprint density at radius 2 is 1.90 bits per heavy atom. The average Bonchev–Trinajstić information content (AvgIpc) is 3.15. The standard InChI is InChI=1S/C21H22ClFN6O.ClH/c1-14-12-19(27-26-14)25-18-7-2-4-15(24-18)13-28-8-10-29(11-9-28)21(30)16-5-3-6-17(22)20(16)23;/h2-7,12H,8-11,13H2,1H3,(H2,24,25,26,27);1H. The molecule has 1 amide bonds. The summed E-state index contributed by atoms with van der Waals surface area (Å²) in [5.74, 6) is 0.460. The summed E-state index contributed by atoms with van der Waals surface area (Å²) in [4.78, 5) is 21.2. The Hall–Kier alpha value is -2.68. The van der Waals surface area contributed by atoms with E-state index in [1.54, 1.807) is 11.0 Å². The van der Waals surface area contributed by atoms with E-state index in [4.69, 9.17) is 11.6 Å². The molecule has 0 aliphatic carbocycles.